The number of carbonyl (C=O) groups excluding carboxylic acids is 1. The van der Waals surface area contributed by atoms with Crippen LogP contribution in [0.15, 0.2) is 24.3 Å². The standard InChI is InChI=1S/C13H17NO3S/c1-17-12-5-3-2-4-11(12)10-13(15)14-6-8-18(16)9-7-14/h2-5H,6-10H2,1H3. The molecule has 1 aromatic rings. The van der Waals surface area contributed by atoms with Gasteiger partial charge in [0.25, 0.3) is 0 Å². The highest BCUT2D eigenvalue weighted by molar-refractivity contribution is 7.85. The van der Waals surface area contributed by atoms with E-state index in [1.807, 2.05) is 24.3 Å². The number of methoxy groups -OCH3 is 1. The number of amides is 1. The van der Waals surface area contributed by atoms with Gasteiger partial charge in [-0.25, -0.2) is 0 Å². The average Bonchev–Trinajstić information content (AvgIpc) is 2.40. The normalized spacial score (nSPS) is 16.6. The summed E-state index contributed by atoms with van der Waals surface area (Å²) in [4.78, 5) is 13.9. The Morgan fingerprint density at radius 3 is 2.67 bits per heavy atom. The lowest BCUT2D eigenvalue weighted by Crippen LogP contribution is -2.42. The van der Waals surface area contributed by atoms with Crippen molar-refractivity contribution in [2.75, 3.05) is 31.7 Å². The van der Waals surface area contributed by atoms with Gasteiger partial charge in [-0.2, -0.15) is 0 Å². The zero-order chi connectivity index (χ0) is 13.0. The Hall–Kier alpha value is -1.36. The van der Waals surface area contributed by atoms with Crippen LogP contribution in [0.4, 0.5) is 0 Å². The Bertz CT molecular complexity index is 451. The van der Waals surface area contributed by atoms with Crippen LogP contribution >= 0.6 is 0 Å². The number of rotatable bonds is 3. The van der Waals surface area contributed by atoms with Crippen LogP contribution in [0.5, 0.6) is 5.75 Å². The number of hydrogen-bond donors (Lipinski definition) is 0. The fourth-order valence-corrected chi connectivity index (χ4v) is 3.06. The predicted octanol–water partition coefficient (Wildman–Crippen LogP) is 0.829. The van der Waals surface area contributed by atoms with Gasteiger partial charge in [0.2, 0.25) is 5.91 Å². The lowest BCUT2D eigenvalue weighted by molar-refractivity contribution is -0.130. The topological polar surface area (TPSA) is 46.6 Å². The first-order chi connectivity index (χ1) is 8.70. The third kappa shape index (κ3) is 3.10. The zero-order valence-corrected chi connectivity index (χ0v) is 11.2. The van der Waals surface area contributed by atoms with E-state index in [-0.39, 0.29) is 5.91 Å². The lowest BCUT2D eigenvalue weighted by atomic mass is 10.1. The molecule has 0 saturated carbocycles. The largest absolute Gasteiger partial charge is 0.496 e. The van der Waals surface area contributed by atoms with E-state index in [1.54, 1.807) is 12.0 Å². The van der Waals surface area contributed by atoms with Crippen molar-refractivity contribution in [2.45, 2.75) is 6.42 Å². The molecule has 1 aliphatic rings. The van der Waals surface area contributed by atoms with Crippen LogP contribution in [0.3, 0.4) is 0 Å². The Labute approximate surface area is 109 Å². The highest BCUT2D eigenvalue weighted by atomic mass is 32.2. The molecule has 1 heterocycles. The van der Waals surface area contributed by atoms with Crippen LogP contribution in [0.2, 0.25) is 0 Å². The van der Waals surface area contributed by atoms with Crippen molar-refractivity contribution in [3.63, 3.8) is 0 Å². The molecule has 5 heteroatoms. The Kier molecular flexibility index (Phi) is 4.36. The first-order valence-electron chi connectivity index (χ1n) is 5.95. The van der Waals surface area contributed by atoms with E-state index >= 15 is 0 Å². The highest BCUT2D eigenvalue weighted by Gasteiger charge is 2.20. The maximum Gasteiger partial charge on any atom is 0.227 e. The molecule has 0 aliphatic carbocycles. The van der Waals surface area contributed by atoms with Gasteiger partial charge in [-0.05, 0) is 6.07 Å². The van der Waals surface area contributed by atoms with Gasteiger partial charge in [-0.1, -0.05) is 18.2 Å². The van der Waals surface area contributed by atoms with Crippen molar-refractivity contribution in [1.82, 2.24) is 4.90 Å². The second kappa shape index (κ2) is 6.00. The van der Waals surface area contributed by atoms with E-state index in [2.05, 4.69) is 0 Å². The maximum absolute atomic E-state index is 12.1. The molecule has 4 nitrogen and oxygen atoms in total. The maximum atomic E-state index is 12.1. The molecular formula is C13H17NO3S. The summed E-state index contributed by atoms with van der Waals surface area (Å²) in [6, 6.07) is 7.54. The fourth-order valence-electron chi connectivity index (χ4n) is 2.01. The summed E-state index contributed by atoms with van der Waals surface area (Å²) in [7, 11) is 0.856. The molecule has 1 aliphatic heterocycles. The van der Waals surface area contributed by atoms with E-state index < -0.39 is 10.8 Å². The summed E-state index contributed by atoms with van der Waals surface area (Å²) in [5.41, 5.74) is 0.900. The molecule has 1 fully saturated rings. The molecule has 0 atom stereocenters. The third-order valence-electron chi connectivity index (χ3n) is 3.06. The van der Waals surface area contributed by atoms with Crippen molar-refractivity contribution in [1.29, 1.82) is 0 Å². The Morgan fingerprint density at radius 2 is 2.00 bits per heavy atom. The van der Waals surface area contributed by atoms with Crippen LogP contribution in [0.25, 0.3) is 0 Å². The minimum absolute atomic E-state index is 0.0798. The Balaban J connectivity index is 2.00. The van der Waals surface area contributed by atoms with E-state index in [0.717, 1.165) is 11.3 Å². The van der Waals surface area contributed by atoms with Crippen molar-refractivity contribution in [3.8, 4) is 5.75 Å². The van der Waals surface area contributed by atoms with Crippen LogP contribution in [0.1, 0.15) is 5.56 Å². The fraction of sp³-hybridized carbons (Fsp3) is 0.462. The Morgan fingerprint density at radius 1 is 1.33 bits per heavy atom. The third-order valence-corrected chi connectivity index (χ3v) is 4.34. The van der Waals surface area contributed by atoms with Gasteiger partial charge in [-0.15, -0.1) is 0 Å². The number of nitrogens with zero attached hydrogens (tertiary/aromatic N) is 1. The minimum Gasteiger partial charge on any atom is -0.496 e. The van der Waals surface area contributed by atoms with Gasteiger partial charge in [0.05, 0.1) is 13.5 Å². The smallest absolute Gasteiger partial charge is 0.227 e. The molecule has 0 bridgehead atoms. The number of hydrogen-bond acceptors (Lipinski definition) is 3. The summed E-state index contributed by atoms with van der Waals surface area (Å²) in [6.45, 7) is 1.20. The summed E-state index contributed by atoms with van der Waals surface area (Å²) >= 11 is 0. The molecular weight excluding hydrogens is 250 g/mol. The van der Waals surface area contributed by atoms with Crippen molar-refractivity contribution in [2.24, 2.45) is 0 Å². The van der Waals surface area contributed by atoms with Gasteiger partial charge < -0.3 is 9.64 Å². The second-order valence-corrected chi connectivity index (χ2v) is 5.91. The van der Waals surface area contributed by atoms with Crippen LogP contribution in [0, 0.1) is 0 Å². The van der Waals surface area contributed by atoms with E-state index in [0.29, 0.717) is 31.0 Å². The van der Waals surface area contributed by atoms with Crippen LogP contribution < -0.4 is 4.74 Å². The molecule has 0 spiro atoms. The van der Waals surface area contributed by atoms with Gasteiger partial charge in [-0.3, -0.25) is 9.00 Å². The first kappa shape index (κ1) is 13.1. The van der Waals surface area contributed by atoms with Crippen molar-refractivity contribution < 1.29 is 13.7 Å². The van der Waals surface area contributed by atoms with E-state index in [9.17, 15) is 9.00 Å². The lowest BCUT2D eigenvalue weighted by Gasteiger charge is -2.26. The van der Waals surface area contributed by atoms with Crippen molar-refractivity contribution in [3.05, 3.63) is 29.8 Å². The van der Waals surface area contributed by atoms with Gasteiger partial charge >= 0.3 is 0 Å². The number of ether oxygens (including phenoxy) is 1. The van der Waals surface area contributed by atoms with Gasteiger partial charge in [0.1, 0.15) is 5.75 Å². The molecule has 98 valence electrons. The average molecular weight is 267 g/mol. The van der Waals surface area contributed by atoms with Crippen LogP contribution in [-0.4, -0.2) is 46.7 Å². The summed E-state index contributed by atoms with van der Waals surface area (Å²) < 4.78 is 16.5. The molecule has 0 aromatic heterocycles. The van der Waals surface area contributed by atoms with Crippen molar-refractivity contribution >= 4 is 16.7 Å². The molecule has 2 rings (SSSR count). The van der Waals surface area contributed by atoms with E-state index in [1.165, 1.54) is 0 Å². The summed E-state index contributed by atoms with van der Waals surface area (Å²) in [5, 5.41) is 0. The SMILES string of the molecule is COc1ccccc1CC(=O)N1CCS(=O)CC1. The molecule has 0 radical (unpaired) electrons. The summed E-state index contributed by atoms with van der Waals surface area (Å²) in [5.74, 6) is 2.01. The molecule has 18 heavy (non-hydrogen) atoms. The number of benzene rings is 1. The molecule has 0 unspecified atom stereocenters. The highest BCUT2D eigenvalue weighted by Crippen LogP contribution is 2.18. The predicted molar refractivity (Wildman–Crippen MR) is 71.2 cm³/mol. The summed E-state index contributed by atoms with van der Waals surface area (Å²) in [6.07, 6.45) is 0.344. The zero-order valence-electron chi connectivity index (χ0n) is 10.4. The monoisotopic (exact) mass is 267 g/mol. The molecule has 0 N–H and O–H groups in total. The minimum atomic E-state index is -0.748. The quantitative estimate of drug-likeness (QED) is 0.815. The number of para-hydroxylation sites is 1. The second-order valence-electron chi connectivity index (χ2n) is 4.22. The first-order valence-corrected chi connectivity index (χ1v) is 7.44. The number of carbonyl (C=O) groups is 1. The van der Waals surface area contributed by atoms with E-state index in [4.69, 9.17) is 4.74 Å². The van der Waals surface area contributed by atoms with Crippen LogP contribution in [-0.2, 0) is 22.0 Å². The molecule has 1 amide bonds. The van der Waals surface area contributed by atoms with Gasteiger partial charge in [0, 0.05) is 41.0 Å². The molecule has 1 aromatic carbocycles. The van der Waals surface area contributed by atoms with Gasteiger partial charge in [0.15, 0.2) is 0 Å². The molecule has 1 saturated heterocycles.